The van der Waals surface area contributed by atoms with Gasteiger partial charge < -0.3 is 0 Å². The van der Waals surface area contributed by atoms with E-state index in [4.69, 9.17) is 15.0 Å². The second-order valence-corrected chi connectivity index (χ2v) is 14.0. The minimum atomic E-state index is -0.534. The lowest BCUT2D eigenvalue weighted by atomic mass is 9.67. The summed E-state index contributed by atoms with van der Waals surface area (Å²) in [5.41, 5.74) is 15.5. The number of pyridine rings is 3. The number of hydrogen-bond donors (Lipinski definition) is 0. The zero-order chi connectivity index (χ0) is 35.6. The van der Waals surface area contributed by atoms with E-state index in [0.717, 1.165) is 45.1 Å². The third-order valence-corrected chi connectivity index (χ3v) is 11.2. The molecule has 0 spiro atoms. The third kappa shape index (κ3) is 4.34. The molecule has 6 aromatic carbocycles. The van der Waals surface area contributed by atoms with E-state index >= 15 is 0 Å². The molecule has 4 nitrogen and oxygen atoms in total. The molecular weight excluding hydrogens is 657 g/mol. The van der Waals surface area contributed by atoms with Crippen molar-refractivity contribution in [1.82, 2.24) is 15.0 Å². The average molecular weight is 689 g/mol. The minimum absolute atomic E-state index is 0.534. The highest BCUT2D eigenvalue weighted by Crippen LogP contribution is 2.61. The van der Waals surface area contributed by atoms with Crippen LogP contribution < -0.4 is 4.90 Å². The van der Waals surface area contributed by atoms with E-state index in [1.165, 1.54) is 49.9 Å². The van der Waals surface area contributed by atoms with Gasteiger partial charge in [0.1, 0.15) is 5.82 Å². The van der Waals surface area contributed by atoms with Gasteiger partial charge in [0.25, 0.3) is 0 Å². The van der Waals surface area contributed by atoms with Crippen LogP contribution in [-0.4, -0.2) is 15.0 Å². The molecule has 1 aliphatic carbocycles. The van der Waals surface area contributed by atoms with Gasteiger partial charge in [-0.05, 0) is 98.9 Å². The fraction of sp³-hybridized carbons (Fsp3) is 0.0200. The first-order chi connectivity index (χ1) is 26.8. The Labute approximate surface area is 313 Å². The van der Waals surface area contributed by atoms with Crippen LogP contribution in [0.15, 0.2) is 195 Å². The molecule has 0 radical (unpaired) electrons. The van der Waals surface area contributed by atoms with Gasteiger partial charge in [0.2, 0.25) is 0 Å². The third-order valence-electron chi connectivity index (χ3n) is 11.2. The van der Waals surface area contributed by atoms with Crippen molar-refractivity contribution >= 4 is 28.0 Å². The molecule has 0 atom stereocenters. The summed E-state index contributed by atoms with van der Waals surface area (Å²) in [6.45, 7) is 0. The molecule has 0 amide bonds. The largest absolute Gasteiger partial charge is 0.294 e. The fourth-order valence-corrected chi connectivity index (χ4v) is 9.03. The Kier molecular flexibility index (Phi) is 6.73. The number of fused-ring (bicyclic) bond motifs is 5. The quantitative estimate of drug-likeness (QED) is 0.180. The first-order valence-electron chi connectivity index (χ1n) is 18.4. The number of nitrogens with zero attached hydrogens (tertiary/aromatic N) is 4. The summed E-state index contributed by atoms with van der Waals surface area (Å²) in [7, 11) is 0. The molecule has 11 rings (SSSR count). The topological polar surface area (TPSA) is 41.9 Å². The Bertz CT molecular complexity index is 2830. The average Bonchev–Trinajstić information content (AvgIpc) is 3.54. The Morgan fingerprint density at radius 2 is 1.07 bits per heavy atom. The minimum Gasteiger partial charge on any atom is -0.294 e. The van der Waals surface area contributed by atoms with Gasteiger partial charge in [-0.25, -0.2) is 4.98 Å². The summed E-state index contributed by atoms with van der Waals surface area (Å²) in [6, 6.07) is 63.3. The van der Waals surface area contributed by atoms with Crippen LogP contribution in [0, 0.1) is 0 Å². The van der Waals surface area contributed by atoms with Gasteiger partial charge in [0.15, 0.2) is 0 Å². The van der Waals surface area contributed by atoms with Crippen molar-refractivity contribution in [3.63, 3.8) is 0 Å². The molecule has 252 valence electrons. The van der Waals surface area contributed by atoms with Gasteiger partial charge in [-0.3, -0.25) is 14.9 Å². The van der Waals surface area contributed by atoms with E-state index in [0.29, 0.717) is 0 Å². The monoisotopic (exact) mass is 688 g/mol. The van der Waals surface area contributed by atoms with E-state index < -0.39 is 5.41 Å². The molecule has 0 fully saturated rings. The van der Waals surface area contributed by atoms with Gasteiger partial charge in [0, 0.05) is 40.7 Å². The van der Waals surface area contributed by atoms with Crippen molar-refractivity contribution in [2.75, 3.05) is 4.90 Å². The van der Waals surface area contributed by atoms with Crippen molar-refractivity contribution in [2.45, 2.75) is 5.41 Å². The molecule has 0 unspecified atom stereocenters. The van der Waals surface area contributed by atoms with Crippen LogP contribution in [0.3, 0.4) is 0 Å². The molecule has 2 aliphatic rings. The summed E-state index contributed by atoms with van der Waals surface area (Å²) in [4.78, 5) is 16.9. The summed E-state index contributed by atoms with van der Waals surface area (Å²) in [6.07, 6.45) is 5.61. The molecule has 9 aromatic rings. The van der Waals surface area contributed by atoms with Crippen LogP contribution in [0.25, 0.3) is 55.5 Å². The number of anilines is 3. The lowest BCUT2D eigenvalue weighted by Crippen LogP contribution is -2.29. The Balaban J connectivity index is 1.26. The molecule has 0 saturated heterocycles. The normalized spacial score (nSPS) is 13.3. The van der Waals surface area contributed by atoms with E-state index in [9.17, 15) is 0 Å². The summed E-state index contributed by atoms with van der Waals surface area (Å²) in [5.74, 6) is 0.835. The van der Waals surface area contributed by atoms with Crippen LogP contribution in [0.1, 0.15) is 22.3 Å². The SMILES string of the molecule is c1ccc(C2(c3ccccc3)c3ccccc3-c3cc4c(cc32)N(c2cc(-c3ccccn3)ccn2)c2ccc(-c3ccccn3)c3cccc-4c23)cc1. The fourth-order valence-electron chi connectivity index (χ4n) is 9.03. The van der Waals surface area contributed by atoms with Gasteiger partial charge in [-0.1, -0.05) is 121 Å². The maximum atomic E-state index is 5.10. The Morgan fingerprint density at radius 3 is 1.81 bits per heavy atom. The van der Waals surface area contributed by atoms with E-state index in [-0.39, 0.29) is 0 Å². The van der Waals surface area contributed by atoms with Crippen molar-refractivity contribution in [3.05, 3.63) is 217 Å². The van der Waals surface area contributed by atoms with Gasteiger partial charge >= 0.3 is 0 Å². The van der Waals surface area contributed by atoms with E-state index in [2.05, 4.69) is 157 Å². The molecule has 0 bridgehead atoms. The lowest BCUT2D eigenvalue weighted by Gasteiger charge is -2.37. The number of hydrogen-bond acceptors (Lipinski definition) is 4. The maximum Gasteiger partial charge on any atom is 0.138 e. The molecule has 1 aliphatic heterocycles. The van der Waals surface area contributed by atoms with Crippen LogP contribution in [-0.2, 0) is 5.41 Å². The summed E-state index contributed by atoms with van der Waals surface area (Å²) >= 11 is 0. The first kappa shape index (κ1) is 30.5. The van der Waals surface area contributed by atoms with Crippen molar-refractivity contribution in [3.8, 4) is 44.8 Å². The van der Waals surface area contributed by atoms with Crippen LogP contribution in [0.5, 0.6) is 0 Å². The Hall–Kier alpha value is -7.17. The summed E-state index contributed by atoms with van der Waals surface area (Å²) < 4.78 is 0. The highest BCUT2D eigenvalue weighted by Gasteiger charge is 2.47. The first-order valence-corrected chi connectivity index (χ1v) is 18.4. The number of benzene rings is 6. The molecule has 4 heteroatoms. The van der Waals surface area contributed by atoms with E-state index in [1.807, 2.05) is 42.9 Å². The van der Waals surface area contributed by atoms with Crippen LogP contribution >= 0.6 is 0 Å². The molecule has 3 aromatic heterocycles. The highest BCUT2D eigenvalue weighted by molar-refractivity contribution is 6.18. The number of rotatable bonds is 5. The van der Waals surface area contributed by atoms with Crippen molar-refractivity contribution in [2.24, 2.45) is 0 Å². The predicted octanol–water partition coefficient (Wildman–Crippen LogP) is 12.2. The predicted molar refractivity (Wildman–Crippen MR) is 219 cm³/mol. The highest BCUT2D eigenvalue weighted by atomic mass is 15.2. The summed E-state index contributed by atoms with van der Waals surface area (Å²) in [5, 5.41) is 2.34. The van der Waals surface area contributed by atoms with Gasteiger partial charge in [-0.2, -0.15) is 0 Å². The second kappa shape index (κ2) is 11.9. The zero-order valence-corrected chi connectivity index (χ0v) is 29.3. The second-order valence-electron chi connectivity index (χ2n) is 14.0. The molecular formula is C50H32N4. The Morgan fingerprint density at radius 1 is 0.389 bits per heavy atom. The molecule has 4 heterocycles. The van der Waals surface area contributed by atoms with Crippen molar-refractivity contribution < 1.29 is 0 Å². The zero-order valence-electron chi connectivity index (χ0n) is 29.3. The number of aromatic nitrogens is 3. The molecule has 0 saturated carbocycles. The standard InChI is InChI=1S/C50H32N4/c1-3-14-34(15-4-1)50(35-16-5-2-6-17-35)42-21-8-7-18-36(42)40-31-41-39-20-13-19-38-37(45-23-10-12-28-52-45)24-25-46(49(38)39)54(47(41)32-43(40)50)48-30-33(26-29-53-48)44-22-9-11-27-51-44/h1-32H. The van der Waals surface area contributed by atoms with Gasteiger partial charge in [-0.15, -0.1) is 0 Å². The van der Waals surface area contributed by atoms with E-state index in [1.54, 1.807) is 0 Å². The van der Waals surface area contributed by atoms with Crippen LogP contribution in [0.4, 0.5) is 17.2 Å². The lowest BCUT2D eigenvalue weighted by molar-refractivity contribution is 0.768. The smallest absolute Gasteiger partial charge is 0.138 e. The maximum absolute atomic E-state index is 5.10. The van der Waals surface area contributed by atoms with Crippen LogP contribution in [0.2, 0.25) is 0 Å². The molecule has 54 heavy (non-hydrogen) atoms. The molecule has 0 N–H and O–H groups in total. The van der Waals surface area contributed by atoms with Gasteiger partial charge in [0.05, 0.1) is 28.2 Å². The van der Waals surface area contributed by atoms with Crippen molar-refractivity contribution in [1.29, 1.82) is 0 Å².